The average molecular weight is 356 g/mol. The second kappa shape index (κ2) is 7.18. The predicted octanol–water partition coefficient (Wildman–Crippen LogP) is -0.681. The Labute approximate surface area is 137 Å². The Morgan fingerprint density at radius 3 is 2.77 bits per heavy atom. The standard InChI is InChI=1S/C11H17N3O6S.ClH/c1-5-12-7(4-21-5)11(15)13-6-2-18-10-8(20-14(16)17)3-19-9(6)10;/h5-10,12H,2-4H2,1H3,(H,13,15);1H/t5?,6-,7?,8-,9?,10+;/m0./s1. The number of carbonyl (C=O) groups excluding carboxylic acids is 1. The van der Waals surface area contributed by atoms with Crippen molar-refractivity contribution in [2.45, 2.75) is 42.7 Å². The van der Waals surface area contributed by atoms with Crippen molar-refractivity contribution >= 4 is 30.1 Å². The van der Waals surface area contributed by atoms with Crippen molar-refractivity contribution in [2.24, 2.45) is 0 Å². The second-order valence-corrected chi connectivity index (χ2v) is 6.65. The minimum atomic E-state index is -0.841. The highest BCUT2D eigenvalue weighted by Gasteiger charge is 2.50. The number of ether oxygens (including phenoxy) is 2. The molecule has 3 aliphatic rings. The maximum Gasteiger partial charge on any atom is 0.294 e. The van der Waals surface area contributed by atoms with E-state index in [0.717, 1.165) is 5.75 Å². The van der Waals surface area contributed by atoms with Crippen LogP contribution in [0.4, 0.5) is 0 Å². The van der Waals surface area contributed by atoms with Crippen LogP contribution in [0.2, 0.25) is 0 Å². The fourth-order valence-electron chi connectivity index (χ4n) is 2.84. The lowest BCUT2D eigenvalue weighted by Crippen LogP contribution is -2.51. The van der Waals surface area contributed by atoms with Crippen molar-refractivity contribution < 1.29 is 24.2 Å². The molecule has 11 heteroatoms. The van der Waals surface area contributed by atoms with Gasteiger partial charge in [0, 0.05) is 5.75 Å². The summed E-state index contributed by atoms with van der Waals surface area (Å²) >= 11 is 1.69. The lowest BCUT2D eigenvalue weighted by atomic mass is 10.1. The van der Waals surface area contributed by atoms with Gasteiger partial charge in [0.05, 0.1) is 30.7 Å². The molecule has 22 heavy (non-hydrogen) atoms. The topological polar surface area (TPSA) is 112 Å². The van der Waals surface area contributed by atoms with Gasteiger partial charge in [0.15, 0.2) is 6.10 Å². The molecule has 2 N–H and O–H groups in total. The van der Waals surface area contributed by atoms with E-state index in [1.807, 2.05) is 6.92 Å². The summed E-state index contributed by atoms with van der Waals surface area (Å²) in [6.45, 7) is 2.37. The Balaban J connectivity index is 0.00000176. The Morgan fingerprint density at radius 1 is 1.41 bits per heavy atom. The van der Waals surface area contributed by atoms with Gasteiger partial charge >= 0.3 is 0 Å². The van der Waals surface area contributed by atoms with E-state index in [1.54, 1.807) is 11.8 Å². The molecule has 0 saturated carbocycles. The highest BCUT2D eigenvalue weighted by Crippen LogP contribution is 2.29. The van der Waals surface area contributed by atoms with Crippen LogP contribution in [-0.4, -0.2) is 65.7 Å². The van der Waals surface area contributed by atoms with Crippen LogP contribution in [-0.2, 0) is 19.1 Å². The minimum Gasteiger partial charge on any atom is -0.371 e. The third-order valence-electron chi connectivity index (χ3n) is 3.82. The van der Waals surface area contributed by atoms with Crippen LogP contribution in [0.25, 0.3) is 0 Å². The average Bonchev–Trinajstić information content (AvgIpc) is 3.09. The fraction of sp³-hybridized carbons (Fsp3) is 0.909. The van der Waals surface area contributed by atoms with Crippen molar-refractivity contribution in [2.75, 3.05) is 19.0 Å². The van der Waals surface area contributed by atoms with E-state index in [-0.39, 0.29) is 49.0 Å². The van der Waals surface area contributed by atoms with Crippen LogP contribution < -0.4 is 10.6 Å². The SMILES string of the molecule is CC1NC(C(=O)N[C@H]2CO[C@H]3C2OC[C@@H]3O[N+](=O)[O-])CS1.Cl. The van der Waals surface area contributed by atoms with Gasteiger partial charge in [-0.1, -0.05) is 0 Å². The summed E-state index contributed by atoms with van der Waals surface area (Å²) in [4.78, 5) is 27.1. The highest BCUT2D eigenvalue weighted by atomic mass is 35.5. The van der Waals surface area contributed by atoms with Crippen molar-refractivity contribution in [1.82, 2.24) is 10.6 Å². The molecule has 0 bridgehead atoms. The van der Waals surface area contributed by atoms with Crippen molar-refractivity contribution in [1.29, 1.82) is 0 Å². The lowest BCUT2D eigenvalue weighted by Gasteiger charge is -2.19. The monoisotopic (exact) mass is 355 g/mol. The third-order valence-corrected chi connectivity index (χ3v) is 4.98. The second-order valence-electron chi connectivity index (χ2n) is 5.27. The smallest absolute Gasteiger partial charge is 0.294 e. The van der Waals surface area contributed by atoms with Crippen molar-refractivity contribution in [3.05, 3.63) is 10.1 Å². The molecule has 9 nitrogen and oxygen atoms in total. The molecule has 0 spiro atoms. The number of halogens is 1. The first-order valence-electron chi connectivity index (χ1n) is 6.77. The number of carbonyl (C=O) groups is 1. The number of rotatable bonds is 4. The zero-order valence-electron chi connectivity index (χ0n) is 11.8. The first kappa shape index (κ1) is 17.5. The summed E-state index contributed by atoms with van der Waals surface area (Å²) in [5, 5.41) is 15.9. The van der Waals surface area contributed by atoms with Crippen molar-refractivity contribution in [3.63, 3.8) is 0 Å². The molecule has 0 aromatic heterocycles. The van der Waals surface area contributed by atoms with Crippen LogP contribution in [0.1, 0.15) is 6.92 Å². The number of hydrogen-bond acceptors (Lipinski definition) is 8. The Bertz CT molecular complexity index is 444. The molecule has 0 aliphatic carbocycles. The van der Waals surface area contributed by atoms with E-state index in [9.17, 15) is 14.9 Å². The van der Waals surface area contributed by atoms with Gasteiger partial charge in [-0.05, 0) is 6.92 Å². The molecule has 126 valence electrons. The van der Waals surface area contributed by atoms with E-state index >= 15 is 0 Å². The van der Waals surface area contributed by atoms with Gasteiger partial charge in [-0.2, -0.15) is 0 Å². The van der Waals surface area contributed by atoms with E-state index in [4.69, 9.17) is 9.47 Å². The lowest BCUT2D eigenvalue weighted by molar-refractivity contribution is -0.769. The van der Waals surface area contributed by atoms with Gasteiger partial charge in [0.25, 0.3) is 5.09 Å². The molecule has 3 saturated heterocycles. The van der Waals surface area contributed by atoms with Crippen LogP contribution in [0.3, 0.4) is 0 Å². The molecule has 3 rings (SSSR count). The number of amides is 1. The Kier molecular flexibility index (Phi) is 5.72. The normalized spacial score (nSPS) is 39.9. The first-order chi connectivity index (χ1) is 10.0. The van der Waals surface area contributed by atoms with Gasteiger partial charge in [0.1, 0.15) is 12.2 Å². The summed E-state index contributed by atoms with van der Waals surface area (Å²) in [6.07, 6.45) is -1.64. The van der Waals surface area contributed by atoms with Crippen LogP contribution in [0.5, 0.6) is 0 Å². The Morgan fingerprint density at radius 2 is 2.14 bits per heavy atom. The molecule has 3 unspecified atom stereocenters. The van der Waals surface area contributed by atoms with Gasteiger partial charge in [-0.3, -0.25) is 10.1 Å². The summed E-state index contributed by atoms with van der Waals surface area (Å²) in [7, 11) is 0. The molecule has 3 aliphatic heterocycles. The van der Waals surface area contributed by atoms with Gasteiger partial charge in [-0.25, -0.2) is 0 Å². The third kappa shape index (κ3) is 3.57. The quantitative estimate of drug-likeness (QED) is 0.504. The summed E-state index contributed by atoms with van der Waals surface area (Å²) in [5.41, 5.74) is 0. The molecule has 3 heterocycles. The van der Waals surface area contributed by atoms with E-state index in [1.165, 1.54) is 0 Å². The zero-order chi connectivity index (χ0) is 15.0. The van der Waals surface area contributed by atoms with E-state index in [0.29, 0.717) is 0 Å². The molecule has 0 radical (unpaired) electrons. The summed E-state index contributed by atoms with van der Waals surface area (Å²) < 4.78 is 11.0. The highest BCUT2D eigenvalue weighted by molar-refractivity contribution is 8.00. The molecule has 0 aromatic carbocycles. The van der Waals surface area contributed by atoms with Crippen LogP contribution in [0.15, 0.2) is 0 Å². The number of thioether (sulfide) groups is 1. The van der Waals surface area contributed by atoms with E-state index < -0.39 is 23.4 Å². The number of nitrogens with one attached hydrogen (secondary N) is 2. The molecule has 3 fully saturated rings. The summed E-state index contributed by atoms with van der Waals surface area (Å²) in [5.74, 6) is 0.631. The fourth-order valence-corrected chi connectivity index (χ4v) is 3.83. The molecule has 6 atom stereocenters. The maximum absolute atomic E-state index is 12.2. The molecule has 1 amide bonds. The van der Waals surface area contributed by atoms with E-state index in [2.05, 4.69) is 15.5 Å². The zero-order valence-corrected chi connectivity index (χ0v) is 13.4. The number of hydrogen-bond donors (Lipinski definition) is 2. The van der Waals surface area contributed by atoms with Gasteiger partial charge < -0.3 is 19.6 Å². The number of fused-ring (bicyclic) bond motifs is 1. The largest absolute Gasteiger partial charge is 0.371 e. The van der Waals surface area contributed by atoms with Crippen LogP contribution in [0, 0.1) is 10.1 Å². The Hall–Kier alpha value is -0.810. The first-order valence-corrected chi connectivity index (χ1v) is 7.82. The van der Waals surface area contributed by atoms with Gasteiger partial charge in [0.2, 0.25) is 5.91 Å². The van der Waals surface area contributed by atoms with Crippen LogP contribution >= 0.6 is 24.2 Å². The molecular formula is C11H18ClN3O6S. The predicted molar refractivity (Wildman–Crippen MR) is 79.4 cm³/mol. The summed E-state index contributed by atoms with van der Waals surface area (Å²) in [6, 6.07) is -0.526. The molecule has 0 aromatic rings. The van der Waals surface area contributed by atoms with Gasteiger partial charge in [-0.15, -0.1) is 34.3 Å². The maximum atomic E-state index is 12.2. The molecular weight excluding hydrogens is 338 g/mol. The minimum absolute atomic E-state index is 0. The number of nitrogens with zero attached hydrogens (tertiary/aromatic N) is 1. The van der Waals surface area contributed by atoms with Crippen molar-refractivity contribution in [3.8, 4) is 0 Å².